The molecule has 0 aliphatic heterocycles. The average molecular weight is 196 g/mol. The second-order valence-electron chi connectivity index (χ2n) is 3.66. The van der Waals surface area contributed by atoms with E-state index in [1.54, 1.807) is 12.1 Å². The molecule has 1 heterocycles. The van der Waals surface area contributed by atoms with Crippen molar-refractivity contribution in [1.82, 2.24) is 0 Å². The summed E-state index contributed by atoms with van der Waals surface area (Å²) in [6.45, 7) is 5.00. The highest BCUT2D eigenvalue weighted by Gasteiger charge is 2.01. The molecule has 14 heavy (non-hydrogen) atoms. The van der Waals surface area contributed by atoms with E-state index >= 15 is 0 Å². The van der Waals surface area contributed by atoms with Gasteiger partial charge in [0.15, 0.2) is 12.0 Å². The number of ether oxygens (including phenoxy) is 1. The van der Waals surface area contributed by atoms with E-state index in [1.807, 2.05) is 0 Å². The van der Waals surface area contributed by atoms with Crippen molar-refractivity contribution in [2.24, 2.45) is 5.92 Å². The van der Waals surface area contributed by atoms with Crippen LogP contribution in [0, 0.1) is 5.92 Å². The summed E-state index contributed by atoms with van der Waals surface area (Å²) >= 11 is 0. The molecule has 3 nitrogen and oxygen atoms in total. The van der Waals surface area contributed by atoms with Crippen LogP contribution in [0.25, 0.3) is 0 Å². The maximum Gasteiger partial charge on any atom is 0.284 e. The van der Waals surface area contributed by atoms with Gasteiger partial charge in [-0.1, -0.05) is 13.8 Å². The Kier molecular flexibility index (Phi) is 4.23. The summed E-state index contributed by atoms with van der Waals surface area (Å²) in [5.74, 6) is 1.43. The average Bonchev–Trinajstić information content (AvgIpc) is 2.60. The molecule has 0 atom stereocenters. The molecule has 0 aliphatic carbocycles. The van der Waals surface area contributed by atoms with Crippen LogP contribution in [0.3, 0.4) is 0 Å². The lowest BCUT2D eigenvalue weighted by Crippen LogP contribution is -1.98. The first-order valence-electron chi connectivity index (χ1n) is 4.90. The van der Waals surface area contributed by atoms with Gasteiger partial charge < -0.3 is 9.15 Å². The molecule has 0 spiro atoms. The van der Waals surface area contributed by atoms with E-state index in [0.717, 1.165) is 12.8 Å². The van der Waals surface area contributed by atoms with Gasteiger partial charge in [0.1, 0.15) is 0 Å². The van der Waals surface area contributed by atoms with Crippen LogP contribution in [-0.4, -0.2) is 12.9 Å². The molecule has 1 aromatic heterocycles. The Bertz CT molecular complexity index is 276. The molecule has 1 rings (SSSR count). The van der Waals surface area contributed by atoms with Crippen LogP contribution in [0.2, 0.25) is 0 Å². The predicted molar refractivity (Wildman–Crippen MR) is 53.7 cm³/mol. The van der Waals surface area contributed by atoms with Crippen LogP contribution in [0.15, 0.2) is 16.5 Å². The van der Waals surface area contributed by atoms with Crippen molar-refractivity contribution in [3.8, 4) is 5.95 Å². The SMILES string of the molecule is CC(C)CCCOc1ccc(C=O)o1. The molecule has 0 unspecified atom stereocenters. The normalized spacial score (nSPS) is 10.5. The van der Waals surface area contributed by atoms with Gasteiger partial charge in [-0.3, -0.25) is 4.79 Å². The van der Waals surface area contributed by atoms with Crippen LogP contribution in [0.1, 0.15) is 37.2 Å². The van der Waals surface area contributed by atoms with E-state index in [1.165, 1.54) is 0 Å². The van der Waals surface area contributed by atoms with E-state index in [-0.39, 0.29) is 0 Å². The fraction of sp³-hybridized carbons (Fsp3) is 0.545. The zero-order chi connectivity index (χ0) is 10.4. The fourth-order valence-corrected chi connectivity index (χ4v) is 1.14. The summed E-state index contributed by atoms with van der Waals surface area (Å²) in [6, 6.07) is 3.27. The smallest absolute Gasteiger partial charge is 0.284 e. The van der Waals surface area contributed by atoms with Gasteiger partial charge in [0, 0.05) is 6.07 Å². The quantitative estimate of drug-likeness (QED) is 0.518. The summed E-state index contributed by atoms with van der Waals surface area (Å²) in [4.78, 5) is 10.3. The van der Waals surface area contributed by atoms with Crippen molar-refractivity contribution in [1.29, 1.82) is 0 Å². The number of carbonyl (C=O) groups excluding carboxylic acids is 1. The molecule has 0 aliphatic rings. The Morgan fingerprint density at radius 2 is 2.29 bits per heavy atom. The van der Waals surface area contributed by atoms with Crippen molar-refractivity contribution in [3.63, 3.8) is 0 Å². The number of carbonyl (C=O) groups is 1. The highest BCUT2D eigenvalue weighted by molar-refractivity contribution is 5.70. The van der Waals surface area contributed by atoms with Crippen molar-refractivity contribution in [3.05, 3.63) is 17.9 Å². The van der Waals surface area contributed by atoms with Gasteiger partial charge >= 0.3 is 0 Å². The number of hydrogen-bond acceptors (Lipinski definition) is 3. The second-order valence-corrected chi connectivity index (χ2v) is 3.66. The lowest BCUT2D eigenvalue weighted by Gasteiger charge is -2.04. The minimum absolute atomic E-state index is 0.309. The Labute approximate surface area is 84.1 Å². The van der Waals surface area contributed by atoms with Crippen LogP contribution in [0.4, 0.5) is 0 Å². The molecule has 0 aromatic carbocycles. The molecular weight excluding hydrogens is 180 g/mol. The Hall–Kier alpha value is -1.25. The highest BCUT2D eigenvalue weighted by Crippen LogP contribution is 2.15. The van der Waals surface area contributed by atoms with Crippen LogP contribution >= 0.6 is 0 Å². The molecule has 0 amide bonds. The topological polar surface area (TPSA) is 39.4 Å². The molecular formula is C11H16O3. The third-order valence-electron chi connectivity index (χ3n) is 1.89. The lowest BCUT2D eigenvalue weighted by molar-refractivity contribution is 0.109. The Morgan fingerprint density at radius 3 is 2.86 bits per heavy atom. The zero-order valence-corrected chi connectivity index (χ0v) is 8.66. The van der Waals surface area contributed by atoms with E-state index in [2.05, 4.69) is 13.8 Å². The predicted octanol–water partition coefficient (Wildman–Crippen LogP) is 2.91. The first kappa shape index (κ1) is 10.8. The minimum Gasteiger partial charge on any atom is -0.465 e. The van der Waals surface area contributed by atoms with Crippen LogP contribution in [0.5, 0.6) is 5.95 Å². The first-order chi connectivity index (χ1) is 6.72. The molecule has 78 valence electrons. The van der Waals surface area contributed by atoms with E-state index in [9.17, 15) is 4.79 Å². The summed E-state index contributed by atoms with van der Waals surface area (Å²) in [7, 11) is 0. The Morgan fingerprint density at radius 1 is 1.50 bits per heavy atom. The van der Waals surface area contributed by atoms with E-state index < -0.39 is 0 Å². The molecule has 0 bridgehead atoms. The monoisotopic (exact) mass is 196 g/mol. The van der Waals surface area contributed by atoms with Gasteiger partial charge in [0.2, 0.25) is 0 Å². The van der Waals surface area contributed by atoms with Gasteiger partial charge in [0.05, 0.1) is 6.61 Å². The van der Waals surface area contributed by atoms with Gasteiger partial charge in [-0.2, -0.15) is 0 Å². The fourth-order valence-electron chi connectivity index (χ4n) is 1.14. The van der Waals surface area contributed by atoms with Crippen LogP contribution in [-0.2, 0) is 0 Å². The molecule has 1 aromatic rings. The molecule has 0 radical (unpaired) electrons. The largest absolute Gasteiger partial charge is 0.465 e. The second kappa shape index (κ2) is 5.47. The maximum atomic E-state index is 10.3. The van der Waals surface area contributed by atoms with Gasteiger partial charge in [-0.15, -0.1) is 0 Å². The van der Waals surface area contributed by atoms with Crippen molar-refractivity contribution in [2.45, 2.75) is 26.7 Å². The van der Waals surface area contributed by atoms with E-state index in [4.69, 9.17) is 9.15 Å². The minimum atomic E-state index is 0.309. The summed E-state index contributed by atoms with van der Waals surface area (Å²) in [5.41, 5.74) is 0. The van der Waals surface area contributed by atoms with Gasteiger partial charge in [-0.25, -0.2) is 0 Å². The van der Waals surface area contributed by atoms with Crippen molar-refractivity contribution >= 4 is 6.29 Å². The number of rotatable bonds is 6. The molecule has 0 saturated heterocycles. The van der Waals surface area contributed by atoms with E-state index in [0.29, 0.717) is 30.5 Å². The Balaban J connectivity index is 2.21. The van der Waals surface area contributed by atoms with Gasteiger partial charge in [0.25, 0.3) is 5.95 Å². The third kappa shape index (κ3) is 3.64. The van der Waals surface area contributed by atoms with Gasteiger partial charge in [-0.05, 0) is 24.8 Å². The summed E-state index contributed by atoms with van der Waals surface area (Å²) in [5, 5.41) is 0. The van der Waals surface area contributed by atoms with Crippen LogP contribution < -0.4 is 4.74 Å². The third-order valence-corrected chi connectivity index (χ3v) is 1.89. The molecule has 0 fully saturated rings. The number of hydrogen-bond donors (Lipinski definition) is 0. The number of aldehydes is 1. The maximum absolute atomic E-state index is 10.3. The molecule has 3 heteroatoms. The summed E-state index contributed by atoms with van der Waals surface area (Å²) < 4.78 is 10.4. The summed E-state index contributed by atoms with van der Waals surface area (Å²) in [6.07, 6.45) is 2.82. The van der Waals surface area contributed by atoms with Crippen molar-refractivity contribution in [2.75, 3.05) is 6.61 Å². The number of furan rings is 1. The van der Waals surface area contributed by atoms with Crippen molar-refractivity contribution < 1.29 is 13.9 Å². The zero-order valence-electron chi connectivity index (χ0n) is 8.66. The molecule has 0 N–H and O–H groups in total. The lowest BCUT2D eigenvalue weighted by atomic mass is 10.1. The molecule has 0 saturated carbocycles. The first-order valence-corrected chi connectivity index (χ1v) is 4.90. The highest BCUT2D eigenvalue weighted by atomic mass is 16.6. The standard InChI is InChI=1S/C11H16O3/c1-9(2)4-3-7-13-11-6-5-10(8-12)14-11/h5-6,8-9H,3-4,7H2,1-2H3.